The highest BCUT2D eigenvalue weighted by molar-refractivity contribution is 7.26. The summed E-state index contributed by atoms with van der Waals surface area (Å²) in [5.74, 6) is 0. The van der Waals surface area contributed by atoms with E-state index in [0.717, 1.165) is 0 Å². The van der Waals surface area contributed by atoms with E-state index in [2.05, 4.69) is 59.3 Å². The van der Waals surface area contributed by atoms with Gasteiger partial charge in [-0.3, -0.25) is 0 Å². The first-order valence-electron chi connectivity index (χ1n) is 5.86. The quantitative estimate of drug-likeness (QED) is 0.409. The molecule has 2 heterocycles. The number of rotatable bonds is 1. The second kappa shape index (κ2) is 3.94. The maximum atomic E-state index is 2.23. The standard InChI is InChI=1S/C16H10S2/c1-2-7-15-13(4-1)14-6-3-5-12(16(14)18-15)11-8-9-17-10-11/h1-10H. The van der Waals surface area contributed by atoms with Gasteiger partial charge in [0.2, 0.25) is 0 Å². The molecule has 0 amide bonds. The summed E-state index contributed by atoms with van der Waals surface area (Å²) in [6.45, 7) is 0. The zero-order valence-electron chi connectivity index (χ0n) is 9.59. The molecule has 0 radical (unpaired) electrons. The molecular weight excluding hydrogens is 256 g/mol. The lowest BCUT2D eigenvalue weighted by atomic mass is 10.1. The van der Waals surface area contributed by atoms with Crippen LogP contribution < -0.4 is 0 Å². The summed E-state index contributed by atoms with van der Waals surface area (Å²) in [6, 6.07) is 17.5. The highest BCUT2D eigenvalue weighted by Gasteiger charge is 2.09. The molecule has 2 heteroatoms. The Hall–Kier alpha value is -1.64. The monoisotopic (exact) mass is 266 g/mol. The van der Waals surface area contributed by atoms with Gasteiger partial charge in [-0.2, -0.15) is 11.3 Å². The summed E-state index contributed by atoms with van der Waals surface area (Å²) in [5.41, 5.74) is 2.69. The Kier molecular flexibility index (Phi) is 2.25. The van der Waals surface area contributed by atoms with Crippen molar-refractivity contribution in [3.05, 3.63) is 59.3 Å². The smallest absolute Gasteiger partial charge is 0.0434 e. The molecule has 0 N–H and O–H groups in total. The van der Waals surface area contributed by atoms with Crippen molar-refractivity contribution in [3.63, 3.8) is 0 Å². The van der Waals surface area contributed by atoms with Crippen LogP contribution in [-0.2, 0) is 0 Å². The van der Waals surface area contributed by atoms with Crippen molar-refractivity contribution >= 4 is 42.8 Å². The van der Waals surface area contributed by atoms with Crippen LogP contribution >= 0.6 is 22.7 Å². The third-order valence-corrected chi connectivity index (χ3v) is 5.14. The molecule has 0 saturated carbocycles. The lowest BCUT2D eigenvalue weighted by Crippen LogP contribution is -1.73. The molecule has 0 spiro atoms. The molecule has 0 saturated heterocycles. The zero-order chi connectivity index (χ0) is 11.9. The van der Waals surface area contributed by atoms with Crippen LogP contribution in [0.25, 0.3) is 31.3 Å². The third-order valence-electron chi connectivity index (χ3n) is 3.24. The topological polar surface area (TPSA) is 0 Å². The summed E-state index contributed by atoms with van der Waals surface area (Å²) < 4.78 is 2.77. The van der Waals surface area contributed by atoms with E-state index in [4.69, 9.17) is 0 Å². The van der Waals surface area contributed by atoms with E-state index < -0.39 is 0 Å². The molecule has 2 aromatic carbocycles. The Labute approximate surface area is 113 Å². The second-order valence-corrected chi connectivity index (χ2v) is 6.12. The van der Waals surface area contributed by atoms with Gasteiger partial charge in [0.1, 0.15) is 0 Å². The third kappa shape index (κ3) is 1.43. The van der Waals surface area contributed by atoms with Crippen LogP contribution in [-0.4, -0.2) is 0 Å². The van der Waals surface area contributed by atoms with Crippen molar-refractivity contribution in [3.8, 4) is 11.1 Å². The van der Waals surface area contributed by atoms with Crippen LogP contribution in [0.15, 0.2) is 59.3 Å². The van der Waals surface area contributed by atoms with Crippen LogP contribution in [0.1, 0.15) is 0 Å². The van der Waals surface area contributed by atoms with Gasteiger partial charge in [-0.25, -0.2) is 0 Å². The normalized spacial score (nSPS) is 11.3. The van der Waals surface area contributed by atoms with Gasteiger partial charge in [0.05, 0.1) is 0 Å². The minimum absolute atomic E-state index is 1.33. The van der Waals surface area contributed by atoms with Gasteiger partial charge in [-0.15, -0.1) is 11.3 Å². The molecule has 0 atom stereocenters. The summed E-state index contributed by atoms with van der Waals surface area (Å²) in [5, 5.41) is 7.11. The van der Waals surface area contributed by atoms with Gasteiger partial charge in [0.15, 0.2) is 0 Å². The molecule has 0 aliphatic rings. The first-order chi connectivity index (χ1) is 8.93. The highest BCUT2D eigenvalue weighted by atomic mass is 32.1. The van der Waals surface area contributed by atoms with E-state index in [1.807, 2.05) is 11.3 Å². The number of fused-ring (bicyclic) bond motifs is 3. The molecule has 86 valence electrons. The van der Waals surface area contributed by atoms with E-state index in [-0.39, 0.29) is 0 Å². The Morgan fingerprint density at radius 1 is 0.778 bits per heavy atom. The summed E-state index contributed by atoms with van der Waals surface area (Å²) in [6.07, 6.45) is 0. The van der Waals surface area contributed by atoms with Crippen molar-refractivity contribution in [1.82, 2.24) is 0 Å². The van der Waals surface area contributed by atoms with E-state index in [9.17, 15) is 0 Å². The molecule has 0 aliphatic heterocycles. The van der Waals surface area contributed by atoms with Crippen molar-refractivity contribution in [2.45, 2.75) is 0 Å². The maximum absolute atomic E-state index is 2.23. The van der Waals surface area contributed by atoms with Gasteiger partial charge in [-0.05, 0) is 28.5 Å². The van der Waals surface area contributed by atoms with Gasteiger partial charge in [-0.1, -0.05) is 36.4 Å². The average molecular weight is 266 g/mol. The van der Waals surface area contributed by atoms with Gasteiger partial charge in [0.25, 0.3) is 0 Å². The Morgan fingerprint density at radius 3 is 2.56 bits per heavy atom. The second-order valence-electron chi connectivity index (χ2n) is 4.29. The molecule has 18 heavy (non-hydrogen) atoms. The number of hydrogen-bond donors (Lipinski definition) is 0. The molecule has 4 rings (SSSR count). The van der Waals surface area contributed by atoms with Crippen LogP contribution in [0.2, 0.25) is 0 Å². The average Bonchev–Trinajstić information content (AvgIpc) is 3.05. The molecule has 0 unspecified atom stereocenters. The van der Waals surface area contributed by atoms with Crippen LogP contribution in [0.5, 0.6) is 0 Å². The minimum atomic E-state index is 1.33. The van der Waals surface area contributed by atoms with Crippen LogP contribution in [0, 0.1) is 0 Å². The van der Waals surface area contributed by atoms with Crippen molar-refractivity contribution < 1.29 is 0 Å². The van der Waals surface area contributed by atoms with E-state index in [1.165, 1.54) is 31.3 Å². The fourth-order valence-electron chi connectivity index (χ4n) is 2.39. The number of thiophene rings is 2. The SMILES string of the molecule is c1ccc2c(c1)sc1c(-c3ccsc3)cccc12. The fraction of sp³-hybridized carbons (Fsp3) is 0. The number of hydrogen-bond acceptors (Lipinski definition) is 2. The highest BCUT2D eigenvalue weighted by Crippen LogP contribution is 2.39. The lowest BCUT2D eigenvalue weighted by Gasteiger charge is -1.99. The molecule has 0 aliphatic carbocycles. The molecule has 0 fully saturated rings. The van der Waals surface area contributed by atoms with Gasteiger partial charge >= 0.3 is 0 Å². The summed E-state index contributed by atoms with van der Waals surface area (Å²) in [4.78, 5) is 0. The van der Waals surface area contributed by atoms with Gasteiger partial charge in [0, 0.05) is 25.7 Å². The predicted molar refractivity (Wildman–Crippen MR) is 82.6 cm³/mol. The first-order valence-corrected chi connectivity index (χ1v) is 7.62. The molecule has 0 nitrogen and oxygen atoms in total. The lowest BCUT2D eigenvalue weighted by molar-refractivity contribution is 1.79. The molecule has 2 aromatic heterocycles. The summed E-state index contributed by atoms with van der Waals surface area (Å²) in [7, 11) is 0. The zero-order valence-corrected chi connectivity index (χ0v) is 11.2. The Bertz CT molecular complexity index is 823. The molecule has 4 aromatic rings. The van der Waals surface area contributed by atoms with E-state index in [1.54, 1.807) is 11.3 Å². The van der Waals surface area contributed by atoms with Crippen molar-refractivity contribution in [2.24, 2.45) is 0 Å². The molecular formula is C16H10S2. The van der Waals surface area contributed by atoms with Crippen molar-refractivity contribution in [2.75, 3.05) is 0 Å². The Balaban J connectivity index is 2.17. The predicted octanol–water partition coefficient (Wildman–Crippen LogP) is 5.78. The van der Waals surface area contributed by atoms with E-state index >= 15 is 0 Å². The van der Waals surface area contributed by atoms with Crippen LogP contribution in [0.4, 0.5) is 0 Å². The Morgan fingerprint density at radius 2 is 1.67 bits per heavy atom. The van der Waals surface area contributed by atoms with Gasteiger partial charge < -0.3 is 0 Å². The molecule has 0 bridgehead atoms. The number of benzene rings is 2. The minimum Gasteiger partial charge on any atom is -0.152 e. The van der Waals surface area contributed by atoms with Crippen LogP contribution in [0.3, 0.4) is 0 Å². The largest absolute Gasteiger partial charge is 0.152 e. The van der Waals surface area contributed by atoms with E-state index in [0.29, 0.717) is 0 Å². The summed E-state index contributed by atoms with van der Waals surface area (Å²) >= 11 is 3.65. The maximum Gasteiger partial charge on any atom is 0.0434 e. The fourth-order valence-corrected chi connectivity index (χ4v) is 4.29. The first kappa shape index (κ1) is 10.3. The van der Waals surface area contributed by atoms with Crippen molar-refractivity contribution in [1.29, 1.82) is 0 Å².